The molecular formula is C30H30F3N9O2. The maximum absolute atomic E-state index is 13.0. The first-order valence-corrected chi connectivity index (χ1v) is 14.2. The molecule has 228 valence electrons. The molecule has 1 aliphatic carbocycles. The highest BCUT2D eigenvalue weighted by molar-refractivity contribution is 6.04. The van der Waals surface area contributed by atoms with Gasteiger partial charge in [-0.05, 0) is 50.6 Å². The Morgan fingerprint density at radius 2 is 1.89 bits per heavy atom. The lowest BCUT2D eigenvalue weighted by Gasteiger charge is -2.16. The Morgan fingerprint density at radius 1 is 1.11 bits per heavy atom. The van der Waals surface area contributed by atoms with E-state index < -0.39 is 17.6 Å². The molecule has 1 saturated heterocycles. The molecule has 2 aliphatic rings. The number of nitrogens with two attached hydrogens (primary N) is 1. The number of pyridine rings is 1. The summed E-state index contributed by atoms with van der Waals surface area (Å²) >= 11 is 0. The van der Waals surface area contributed by atoms with Crippen molar-refractivity contribution in [3.63, 3.8) is 0 Å². The Hall–Kier alpha value is -4.85. The molecule has 1 atom stereocenters. The summed E-state index contributed by atoms with van der Waals surface area (Å²) in [7, 11) is 2.06. The molecule has 3 N–H and O–H groups in total. The second-order valence-electron chi connectivity index (χ2n) is 11.0. The van der Waals surface area contributed by atoms with Gasteiger partial charge in [-0.3, -0.25) is 14.5 Å². The zero-order chi connectivity index (χ0) is 31.0. The van der Waals surface area contributed by atoms with Crippen molar-refractivity contribution in [3.8, 4) is 11.3 Å². The van der Waals surface area contributed by atoms with Crippen LogP contribution in [0.25, 0.3) is 22.3 Å². The second-order valence-corrected chi connectivity index (χ2v) is 11.0. The van der Waals surface area contributed by atoms with Crippen LogP contribution >= 0.6 is 0 Å². The summed E-state index contributed by atoms with van der Waals surface area (Å²) in [5.74, 6) is -0.640. The van der Waals surface area contributed by atoms with Gasteiger partial charge < -0.3 is 16.0 Å². The molecule has 3 aromatic heterocycles. The first-order chi connectivity index (χ1) is 21.1. The Balaban J connectivity index is 1.19. The van der Waals surface area contributed by atoms with Gasteiger partial charge in [0.2, 0.25) is 5.91 Å². The topological polar surface area (TPSA) is 135 Å². The van der Waals surface area contributed by atoms with Gasteiger partial charge in [-0.1, -0.05) is 18.2 Å². The van der Waals surface area contributed by atoms with Crippen molar-refractivity contribution < 1.29 is 22.8 Å². The van der Waals surface area contributed by atoms with E-state index in [1.165, 1.54) is 31.3 Å². The Labute approximate surface area is 250 Å². The van der Waals surface area contributed by atoms with Crippen LogP contribution < -0.4 is 11.1 Å². The minimum atomic E-state index is -4.56. The summed E-state index contributed by atoms with van der Waals surface area (Å²) < 4.78 is 40.9. The average molecular weight is 606 g/mol. The molecule has 1 aromatic carbocycles. The van der Waals surface area contributed by atoms with Gasteiger partial charge in [0.15, 0.2) is 5.65 Å². The number of nitrogens with zero attached hydrogens (tertiary/aromatic N) is 7. The Morgan fingerprint density at radius 3 is 2.61 bits per heavy atom. The largest absolute Gasteiger partial charge is 0.416 e. The van der Waals surface area contributed by atoms with E-state index in [-0.39, 0.29) is 29.1 Å². The quantitative estimate of drug-likeness (QED) is 0.286. The molecule has 0 spiro atoms. The molecule has 1 unspecified atom stereocenters. The van der Waals surface area contributed by atoms with Crippen molar-refractivity contribution in [3.05, 3.63) is 72.2 Å². The number of fused-ring (bicyclic) bond motifs is 1. The number of aromatic nitrogens is 5. The zero-order valence-corrected chi connectivity index (χ0v) is 23.8. The summed E-state index contributed by atoms with van der Waals surface area (Å²) in [6.45, 7) is 1.78. The molecule has 2 amide bonds. The number of anilines is 2. The van der Waals surface area contributed by atoms with Crippen molar-refractivity contribution >= 4 is 34.5 Å². The van der Waals surface area contributed by atoms with Gasteiger partial charge in [-0.2, -0.15) is 18.3 Å². The van der Waals surface area contributed by atoms with Gasteiger partial charge in [-0.25, -0.2) is 19.6 Å². The molecule has 4 aromatic rings. The van der Waals surface area contributed by atoms with Crippen LogP contribution in [0, 0.1) is 0 Å². The first kappa shape index (κ1) is 29.2. The van der Waals surface area contributed by atoms with E-state index in [4.69, 9.17) is 10.8 Å². The van der Waals surface area contributed by atoms with Gasteiger partial charge in [0.05, 0.1) is 17.0 Å². The van der Waals surface area contributed by atoms with E-state index in [1.54, 1.807) is 27.8 Å². The van der Waals surface area contributed by atoms with Gasteiger partial charge in [-0.15, -0.1) is 0 Å². The molecule has 14 heteroatoms. The molecule has 44 heavy (non-hydrogen) atoms. The fourth-order valence-electron chi connectivity index (χ4n) is 5.33. The minimum Gasteiger partial charge on any atom is -0.383 e. The molecule has 0 bridgehead atoms. The van der Waals surface area contributed by atoms with Crippen LogP contribution in [0.15, 0.2) is 61.1 Å². The number of amides is 2. The van der Waals surface area contributed by atoms with E-state index in [2.05, 4.69) is 32.2 Å². The number of benzene rings is 1. The highest BCUT2D eigenvalue weighted by atomic mass is 19.4. The van der Waals surface area contributed by atoms with E-state index in [9.17, 15) is 22.8 Å². The van der Waals surface area contributed by atoms with Crippen LogP contribution in [0.2, 0.25) is 0 Å². The number of nitrogen functional groups attached to an aromatic ring is 1. The van der Waals surface area contributed by atoms with E-state index in [1.807, 2.05) is 6.08 Å². The molecule has 2 fully saturated rings. The van der Waals surface area contributed by atoms with Gasteiger partial charge in [0.1, 0.15) is 23.7 Å². The third-order valence-corrected chi connectivity index (χ3v) is 7.91. The number of halogens is 3. The number of nitrogens with one attached hydrogen (secondary N) is 1. The monoisotopic (exact) mass is 605 g/mol. The van der Waals surface area contributed by atoms with Gasteiger partial charge >= 0.3 is 6.18 Å². The number of rotatable bonds is 8. The Kier molecular flexibility index (Phi) is 7.76. The smallest absolute Gasteiger partial charge is 0.383 e. The second kappa shape index (κ2) is 11.7. The molecular weight excluding hydrogens is 575 g/mol. The number of hydrogen-bond donors (Lipinski definition) is 2. The Bertz CT molecular complexity index is 1730. The normalized spacial score (nSPS) is 17.2. The molecule has 1 saturated carbocycles. The lowest BCUT2D eigenvalue weighted by Crippen LogP contribution is -2.28. The minimum absolute atomic E-state index is 0.0447. The molecule has 11 nitrogen and oxygen atoms in total. The van der Waals surface area contributed by atoms with Crippen molar-refractivity contribution in [2.45, 2.75) is 37.5 Å². The van der Waals surface area contributed by atoms with Crippen molar-refractivity contribution in [2.24, 2.45) is 0 Å². The SMILES string of the molecule is CN(CC=CC(=O)N1CCC(n2nc(-c3ccc(C(=O)Nc4cc(C(F)(F)F)ccn4)cc3)c3c(N)ncnc32)C1)C1CC1. The number of alkyl halides is 3. The highest BCUT2D eigenvalue weighted by Crippen LogP contribution is 2.34. The summed E-state index contributed by atoms with van der Waals surface area (Å²) in [5.41, 5.74) is 7.24. The third-order valence-electron chi connectivity index (χ3n) is 7.91. The van der Waals surface area contributed by atoms with Crippen LogP contribution in [0.1, 0.15) is 41.2 Å². The average Bonchev–Trinajstić information content (AvgIpc) is 3.61. The van der Waals surface area contributed by atoms with Crippen LogP contribution in [-0.2, 0) is 11.0 Å². The lowest BCUT2D eigenvalue weighted by molar-refractivity contribution is -0.137. The third kappa shape index (κ3) is 6.11. The highest BCUT2D eigenvalue weighted by Gasteiger charge is 2.32. The molecule has 1 aliphatic heterocycles. The predicted molar refractivity (Wildman–Crippen MR) is 157 cm³/mol. The predicted octanol–water partition coefficient (Wildman–Crippen LogP) is 4.17. The number of carbonyl (C=O) groups excluding carboxylic acids is 2. The standard InChI is InChI=1S/C30H30F3N9O2/c1-40(21-8-9-21)13-2-3-24(43)41-14-11-22(16-41)42-28-25(27(34)36-17-37-28)26(39-42)18-4-6-19(7-5-18)29(44)38-23-15-20(10-12-35-23)30(31,32)33/h2-7,10,12,15,17,21-22H,8-9,11,13-14,16H2,1H3,(H2,34,36,37)(H,35,38,44). The summed E-state index contributed by atoms with van der Waals surface area (Å²) in [6, 6.07) is 8.50. The van der Waals surface area contributed by atoms with E-state index in [0.717, 1.165) is 24.9 Å². The zero-order valence-electron chi connectivity index (χ0n) is 23.8. The van der Waals surface area contributed by atoms with Gasteiger partial charge in [0, 0.05) is 49.1 Å². The maximum atomic E-state index is 13.0. The molecule has 4 heterocycles. The van der Waals surface area contributed by atoms with Crippen LogP contribution in [-0.4, -0.2) is 79.1 Å². The maximum Gasteiger partial charge on any atom is 0.416 e. The van der Waals surface area contributed by atoms with Crippen molar-refractivity contribution in [1.82, 2.24) is 34.5 Å². The number of carbonyl (C=O) groups is 2. The molecule has 0 radical (unpaired) electrons. The fraction of sp³-hybridized carbons (Fsp3) is 0.333. The summed E-state index contributed by atoms with van der Waals surface area (Å²) in [6.07, 6.45) is 4.44. The van der Waals surface area contributed by atoms with Crippen molar-refractivity contribution in [1.29, 1.82) is 0 Å². The number of likely N-dealkylation sites (N-methyl/N-ethyl adjacent to an activating group) is 1. The number of likely N-dealkylation sites (tertiary alicyclic amines) is 1. The van der Waals surface area contributed by atoms with Crippen LogP contribution in [0.3, 0.4) is 0 Å². The first-order valence-electron chi connectivity index (χ1n) is 14.2. The van der Waals surface area contributed by atoms with Crippen LogP contribution in [0.5, 0.6) is 0 Å². The summed E-state index contributed by atoms with van der Waals surface area (Å²) in [5, 5.41) is 7.78. The number of hydrogen-bond acceptors (Lipinski definition) is 8. The molecule has 6 rings (SSSR count). The van der Waals surface area contributed by atoms with E-state index in [0.29, 0.717) is 47.8 Å². The van der Waals surface area contributed by atoms with Gasteiger partial charge in [0.25, 0.3) is 5.91 Å². The fourth-order valence-corrected chi connectivity index (χ4v) is 5.33. The van der Waals surface area contributed by atoms with Crippen LogP contribution in [0.4, 0.5) is 24.8 Å². The van der Waals surface area contributed by atoms with E-state index >= 15 is 0 Å². The van der Waals surface area contributed by atoms with Crippen molar-refractivity contribution in [2.75, 3.05) is 37.7 Å². The summed E-state index contributed by atoms with van der Waals surface area (Å²) in [4.78, 5) is 42.0. The lowest BCUT2D eigenvalue weighted by atomic mass is 10.1.